The Hall–Kier alpha value is -1.76. The molecule has 7 heteroatoms. The van der Waals surface area contributed by atoms with E-state index >= 15 is 0 Å². The molecular formula is C9H14N6O. The van der Waals surface area contributed by atoms with Crippen molar-refractivity contribution in [2.45, 2.75) is 25.9 Å². The van der Waals surface area contributed by atoms with Crippen LogP contribution in [0.5, 0.6) is 0 Å². The van der Waals surface area contributed by atoms with Gasteiger partial charge in [-0.2, -0.15) is 4.52 Å². The van der Waals surface area contributed by atoms with E-state index in [4.69, 9.17) is 0 Å². The summed E-state index contributed by atoms with van der Waals surface area (Å²) in [6, 6.07) is 0. The van der Waals surface area contributed by atoms with Crippen LogP contribution in [0, 0.1) is 0 Å². The largest absolute Gasteiger partial charge is 0.388 e. The van der Waals surface area contributed by atoms with Gasteiger partial charge in [0, 0.05) is 6.54 Å². The highest BCUT2D eigenvalue weighted by molar-refractivity contribution is 5.43. The number of rotatable bonds is 4. The van der Waals surface area contributed by atoms with E-state index in [9.17, 15) is 5.11 Å². The molecule has 0 saturated heterocycles. The number of nitrogens with one attached hydrogen (secondary N) is 1. The number of tetrazole rings is 1. The lowest BCUT2D eigenvalue weighted by Crippen LogP contribution is -2.33. The van der Waals surface area contributed by atoms with E-state index in [0.717, 1.165) is 0 Å². The predicted molar refractivity (Wildman–Crippen MR) is 58.0 cm³/mol. The van der Waals surface area contributed by atoms with Gasteiger partial charge in [-0.1, -0.05) is 6.92 Å². The summed E-state index contributed by atoms with van der Waals surface area (Å²) in [5.41, 5.74) is -0.183. The standard InChI is InChI=1S/C9H14N6O/c1-3-9(2,16)6-11-7-4-10-5-8-12-13-14-15(7)8/h4-5,11,16H,3,6H2,1-2H3. The van der Waals surface area contributed by atoms with Crippen LogP contribution >= 0.6 is 0 Å². The van der Waals surface area contributed by atoms with E-state index in [1.807, 2.05) is 6.92 Å². The van der Waals surface area contributed by atoms with Gasteiger partial charge >= 0.3 is 0 Å². The van der Waals surface area contributed by atoms with E-state index in [1.54, 1.807) is 23.8 Å². The van der Waals surface area contributed by atoms with E-state index in [1.165, 1.54) is 0 Å². The van der Waals surface area contributed by atoms with Crippen LogP contribution in [0.2, 0.25) is 0 Å². The van der Waals surface area contributed by atoms with Gasteiger partial charge in [0.05, 0.1) is 18.0 Å². The summed E-state index contributed by atoms with van der Waals surface area (Å²) in [5, 5.41) is 24.1. The Morgan fingerprint density at radius 3 is 3.06 bits per heavy atom. The van der Waals surface area contributed by atoms with Crippen molar-refractivity contribution in [3.63, 3.8) is 0 Å². The van der Waals surface area contributed by atoms with E-state index in [0.29, 0.717) is 24.4 Å². The first-order chi connectivity index (χ1) is 7.62. The minimum atomic E-state index is -0.754. The van der Waals surface area contributed by atoms with Crippen LogP contribution in [-0.4, -0.2) is 42.3 Å². The summed E-state index contributed by atoms with van der Waals surface area (Å²) >= 11 is 0. The molecule has 1 atom stereocenters. The molecule has 16 heavy (non-hydrogen) atoms. The molecule has 0 saturated carbocycles. The molecule has 0 fully saturated rings. The maximum absolute atomic E-state index is 9.86. The molecule has 0 aliphatic heterocycles. The fourth-order valence-corrected chi connectivity index (χ4v) is 1.20. The lowest BCUT2D eigenvalue weighted by atomic mass is 10.0. The lowest BCUT2D eigenvalue weighted by Gasteiger charge is -2.21. The molecular weight excluding hydrogens is 208 g/mol. The molecule has 0 radical (unpaired) electrons. The van der Waals surface area contributed by atoms with Gasteiger partial charge in [0.25, 0.3) is 0 Å². The zero-order valence-corrected chi connectivity index (χ0v) is 9.25. The Labute approximate surface area is 92.5 Å². The van der Waals surface area contributed by atoms with Crippen molar-refractivity contribution >= 4 is 11.5 Å². The Morgan fingerprint density at radius 1 is 1.50 bits per heavy atom. The molecule has 2 aromatic rings. The molecule has 0 spiro atoms. The molecule has 0 bridgehead atoms. The number of aliphatic hydroxyl groups is 1. The topological polar surface area (TPSA) is 88.2 Å². The molecule has 2 N–H and O–H groups in total. The van der Waals surface area contributed by atoms with E-state index in [2.05, 4.69) is 25.8 Å². The maximum Gasteiger partial charge on any atom is 0.199 e. The van der Waals surface area contributed by atoms with Gasteiger partial charge in [0.2, 0.25) is 0 Å². The van der Waals surface area contributed by atoms with E-state index < -0.39 is 5.60 Å². The molecule has 0 aliphatic carbocycles. The molecule has 2 heterocycles. The first-order valence-corrected chi connectivity index (χ1v) is 5.11. The van der Waals surface area contributed by atoms with Gasteiger partial charge in [0.1, 0.15) is 0 Å². The minimum Gasteiger partial charge on any atom is -0.388 e. The second-order valence-electron chi connectivity index (χ2n) is 3.95. The number of aromatic nitrogens is 5. The molecule has 1 unspecified atom stereocenters. The highest BCUT2D eigenvalue weighted by Crippen LogP contribution is 2.11. The predicted octanol–water partition coefficient (Wildman–Crippen LogP) is 0.0922. The molecule has 7 nitrogen and oxygen atoms in total. The number of fused-ring (bicyclic) bond motifs is 1. The molecule has 2 rings (SSSR count). The zero-order chi connectivity index (χ0) is 11.6. The van der Waals surface area contributed by atoms with Crippen LogP contribution < -0.4 is 5.32 Å². The van der Waals surface area contributed by atoms with Crippen molar-refractivity contribution in [2.75, 3.05) is 11.9 Å². The van der Waals surface area contributed by atoms with Crippen LogP contribution in [0.1, 0.15) is 20.3 Å². The van der Waals surface area contributed by atoms with Crippen LogP contribution in [0.25, 0.3) is 5.65 Å². The number of nitrogens with zero attached hydrogens (tertiary/aromatic N) is 5. The van der Waals surface area contributed by atoms with Crippen LogP contribution in [0.15, 0.2) is 12.4 Å². The van der Waals surface area contributed by atoms with Gasteiger partial charge in [-0.25, -0.2) is 0 Å². The smallest absolute Gasteiger partial charge is 0.199 e. The van der Waals surface area contributed by atoms with Crippen molar-refractivity contribution in [3.8, 4) is 0 Å². The minimum absolute atomic E-state index is 0.421. The van der Waals surface area contributed by atoms with Crippen LogP contribution in [0.4, 0.5) is 5.82 Å². The fraction of sp³-hybridized carbons (Fsp3) is 0.556. The van der Waals surface area contributed by atoms with Crippen molar-refractivity contribution in [2.24, 2.45) is 0 Å². The summed E-state index contributed by atoms with van der Waals surface area (Å²) < 4.78 is 1.54. The Balaban J connectivity index is 2.18. The van der Waals surface area contributed by atoms with E-state index in [-0.39, 0.29) is 0 Å². The normalized spacial score (nSPS) is 14.9. The molecule has 0 aromatic carbocycles. The average molecular weight is 222 g/mol. The van der Waals surface area contributed by atoms with Gasteiger partial charge < -0.3 is 10.4 Å². The monoisotopic (exact) mass is 222 g/mol. The fourth-order valence-electron chi connectivity index (χ4n) is 1.20. The number of anilines is 1. The Bertz CT molecular complexity index is 480. The summed E-state index contributed by atoms with van der Waals surface area (Å²) in [6.07, 6.45) is 3.86. The third-order valence-corrected chi connectivity index (χ3v) is 2.52. The third kappa shape index (κ3) is 2.08. The van der Waals surface area contributed by atoms with Gasteiger partial charge in [0.15, 0.2) is 11.5 Å². The second-order valence-corrected chi connectivity index (χ2v) is 3.95. The van der Waals surface area contributed by atoms with Crippen molar-refractivity contribution < 1.29 is 5.11 Å². The summed E-state index contributed by atoms with van der Waals surface area (Å²) in [4.78, 5) is 4.00. The lowest BCUT2D eigenvalue weighted by molar-refractivity contribution is 0.0696. The van der Waals surface area contributed by atoms with Crippen molar-refractivity contribution in [1.29, 1.82) is 0 Å². The summed E-state index contributed by atoms with van der Waals surface area (Å²) in [6.45, 7) is 4.12. The summed E-state index contributed by atoms with van der Waals surface area (Å²) in [5.74, 6) is 0.663. The average Bonchev–Trinajstić information content (AvgIpc) is 2.75. The highest BCUT2D eigenvalue weighted by atomic mass is 16.3. The van der Waals surface area contributed by atoms with Crippen LogP contribution in [0.3, 0.4) is 0 Å². The zero-order valence-electron chi connectivity index (χ0n) is 9.25. The first kappa shape index (κ1) is 10.7. The number of hydrogen-bond acceptors (Lipinski definition) is 6. The summed E-state index contributed by atoms with van der Waals surface area (Å²) in [7, 11) is 0. The van der Waals surface area contributed by atoms with Gasteiger partial charge in [-0.15, -0.1) is 5.10 Å². The first-order valence-electron chi connectivity index (χ1n) is 5.11. The Morgan fingerprint density at radius 2 is 2.31 bits per heavy atom. The second kappa shape index (κ2) is 4.01. The van der Waals surface area contributed by atoms with Gasteiger partial charge in [-0.3, -0.25) is 4.98 Å². The third-order valence-electron chi connectivity index (χ3n) is 2.52. The SMILES string of the molecule is CCC(C)(O)CNc1cncc2nnnn12. The highest BCUT2D eigenvalue weighted by Gasteiger charge is 2.17. The maximum atomic E-state index is 9.86. The van der Waals surface area contributed by atoms with Crippen molar-refractivity contribution in [3.05, 3.63) is 12.4 Å². The molecule has 2 aromatic heterocycles. The van der Waals surface area contributed by atoms with Gasteiger partial charge in [-0.05, 0) is 23.8 Å². The Kier molecular flexibility index (Phi) is 2.69. The molecule has 86 valence electrons. The number of hydrogen-bond donors (Lipinski definition) is 2. The quantitative estimate of drug-likeness (QED) is 0.762. The molecule has 0 aliphatic rings. The molecule has 0 amide bonds. The van der Waals surface area contributed by atoms with Crippen LogP contribution in [-0.2, 0) is 0 Å². The van der Waals surface area contributed by atoms with Crippen molar-refractivity contribution in [1.82, 2.24) is 25.0 Å².